The van der Waals surface area contributed by atoms with Crippen molar-refractivity contribution in [3.63, 3.8) is 0 Å². The number of amides is 1. The first-order valence-electron chi connectivity index (χ1n) is 11.1. The molecule has 1 amide bonds. The van der Waals surface area contributed by atoms with E-state index < -0.39 is 17.1 Å². The molecular formula is C26H22ClF3N4O3. The first kappa shape index (κ1) is 26.2. The summed E-state index contributed by atoms with van der Waals surface area (Å²) in [7, 11) is 1.52. The zero-order valence-corrected chi connectivity index (χ0v) is 20.3. The summed E-state index contributed by atoms with van der Waals surface area (Å²) in [5, 5.41) is 6.25. The van der Waals surface area contributed by atoms with E-state index in [2.05, 4.69) is 15.4 Å². The molecule has 11 heteroatoms. The summed E-state index contributed by atoms with van der Waals surface area (Å²) in [6, 6.07) is 20.3. The van der Waals surface area contributed by atoms with Gasteiger partial charge in [0.1, 0.15) is 12.0 Å². The standard InChI is InChI=1S/C26H22ClF3N4O3/c1-36-15-16-37-25-32-23(18-7-9-19(10-8-18)26(28,29)30)34(33-25)21-13-11-20(12-14-21)31-24(35)22(27)17-5-3-2-4-6-17/h2-14,22H,15-16H2,1H3,(H,31,35). The van der Waals surface area contributed by atoms with Gasteiger partial charge in [-0.2, -0.15) is 18.2 Å². The lowest BCUT2D eigenvalue weighted by molar-refractivity contribution is -0.137. The van der Waals surface area contributed by atoms with Crippen molar-refractivity contribution in [1.82, 2.24) is 14.8 Å². The van der Waals surface area contributed by atoms with Crippen molar-refractivity contribution in [3.8, 4) is 23.1 Å². The second-order valence-corrected chi connectivity index (χ2v) is 8.29. The van der Waals surface area contributed by atoms with Crippen LogP contribution in [0.2, 0.25) is 0 Å². The number of methoxy groups -OCH3 is 1. The smallest absolute Gasteiger partial charge is 0.416 e. The lowest BCUT2D eigenvalue weighted by atomic mass is 10.1. The SMILES string of the molecule is COCCOc1nc(-c2ccc(C(F)(F)F)cc2)n(-c2ccc(NC(=O)C(Cl)c3ccccc3)cc2)n1. The van der Waals surface area contributed by atoms with Gasteiger partial charge in [0.05, 0.1) is 17.9 Å². The number of rotatable bonds is 9. The molecular weight excluding hydrogens is 509 g/mol. The summed E-state index contributed by atoms with van der Waals surface area (Å²) in [4.78, 5) is 16.9. The normalized spacial score (nSPS) is 12.2. The number of halogens is 4. The van der Waals surface area contributed by atoms with Gasteiger partial charge in [-0.3, -0.25) is 4.79 Å². The van der Waals surface area contributed by atoms with E-state index in [-0.39, 0.29) is 24.3 Å². The number of carbonyl (C=O) groups excluding carboxylic acids is 1. The minimum Gasteiger partial charge on any atom is -0.460 e. The van der Waals surface area contributed by atoms with E-state index in [4.69, 9.17) is 21.1 Å². The van der Waals surface area contributed by atoms with Crippen molar-refractivity contribution in [2.24, 2.45) is 0 Å². The first-order chi connectivity index (χ1) is 17.8. The van der Waals surface area contributed by atoms with E-state index in [0.29, 0.717) is 29.1 Å². The van der Waals surface area contributed by atoms with Crippen LogP contribution in [0.5, 0.6) is 6.01 Å². The largest absolute Gasteiger partial charge is 0.460 e. The average Bonchev–Trinajstić information content (AvgIpc) is 3.33. The van der Waals surface area contributed by atoms with Gasteiger partial charge in [-0.1, -0.05) is 42.5 Å². The summed E-state index contributed by atoms with van der Waals surface area (Å²) >= 11 is 6.29. The Bertz CT molecular complexity index is 1330. The second-order valence-electron chi connectivity index (χ2n) is 7.86. The molecule has 0 fully saturated rings. The summed E-state index contributed by atoms with van der Waals surface area (Å²) in [5.41, 5.74) is 1.36. The van der Waals surface area contributed by atoms with E-state index in [1.165, 1.54) is 23.9 Å². The molecule has 1 heterocycles. The number of anilines is 1. The van der Waals surface area contributed by atoms with Crippen molar-refractivity contribution < 1.29 is 27.4 Å². The number of nitrogens with zero attached hydrogens (tertiary/aromatic N) is 3. The first-order valence-corrected chi connectivity index (χ1v) is 11.6. The minimum atomic E-state index is -4.45. The van der Waals surface area contributed by atoms with Crippen molar-refractivity contribution >= 4 is 23.2 Å². The Labute approximate surface area is 215 Å². The maximum Gasteiger partial charge on any atom is 0.416 e. The van der Waals surface area contributed by atoms with Gasteiger partial charge in [0.15, 0.2) is 5.82 Å². The Morgan fingerprint density at radius 3 is 2.30 bits per heavy atom. The van der Waals surface area contributed by atoms with Crippen LogP contribution in [0.15, 0.2) is 78.9 Å². The van der Waals surface area contributed by atoms with E-state index in [0.717, 1.165) is 12.1 Å². The van der Waals surface area contributed by atoms with Crippen LogP contribution in [-0.2, 0) is 15.7 Å². The highest BCUT2D eigenvalue weighted by Crippen LogP contribution is 2.32. The maximum absolute atomic E-state index is 13.0. The van der Waals surface area contributed by atoms with Crippen LogP contribution < -0.4 is 10.1 Å². The molecule has 1 N–H and O–H groups in total. The average molecular weight is 531 g/mol. The van der Waals surface area contributed by atoms with E-state index in [1.54, 1.807) is 48.5 Å². The number of hydrogen-bond donors (Lipinski definition) is 1. The van der Waals surface area contributed by atoms with Crippen LogP contribution in [0.3, 0.4) is 0 Å². The highest BCUT2D eigenvalue weighted by molar-refractivity contribution is 6.32. The fraction of sp³-hybridized carbons (Fsp3) is 0.192. The quantitative estimate of drug-likeness (QED) is 0.215. The Hall–Kier alpha value is -3.89. The van der Waals surface area contributed by atoms with E-state index in [1.807, 2.05) is 6.07 Å². The highest BCUT2D eigenvalue weighted by Gasteiger charge is 2.30. The van der Waals surface area contributed by atoms with E-state index >= 15 is 0 Å². The molecule has 0 aliphatic carbocycles. The number of nitrogens with one attached hydrogen (secondary N) is 1. The maximum atomic E-state index is 13.0. The molecule has 192 valence electrons. The van der Waals surface area contributed by atoms with Gasteiger partial charge in [0, 0.05) is 18.4 Å². The number of ether oxygens (including phenoxy) is 2. The van der Waals surface area contributed by atoms with Gasteiger partial charge >= 0.3 is 12.2 Å². The molecule has 4 aromatic rings. The summed E-state index contributed by atoms with van der Waals surface area (Å²) in [6.07, 6.45) is -4.45. The summed E-state index contributed by atoms with van der Waals surface area (Å²) in [5.74, 6) is -0.108. The number of carbonyl (C=O) groups is 1. The van der Waals surface area contributed by atoms with Gasteiger partial charge in [0.2, 0.25) is 5.91 Å². The van der Waals surface area contributed by atoms with Crippen molar-refractivity contribution in [2.75, 3.05) is 25.6 Å². The fourth-order valence-electron chi connectivity index (χ4n) is 3.41. The molecule has 0 bridgehead atoms. The lowest BCUT2D eigenvalue weighted by Gasteiger charge is -2.12. The third-order valence-electron chi connectivity index (χ3n) is 5.28. The Morgan fingerprint density at radius 1 is 1.00 bits per heavy atom. The Kier molecular flexibility index (Phi) is 8.10. The van der Waals surface area contributed by atoms with Crippen LogP contribution in [0.25, 0.3) is 17.1 Å². The molecule has 1 unspecified atom stereocenters. The zero-order chi connectivity index (χ0) is 26.4. The third kappa shape index (κ3) is 6.46. The molecule has 37 heavy (non-hydrogen) atoms. The van der Waals surface area contributed by atoms with Crippen LogP contribution in [0.1, 0.15) is 16.5 Å². The van der Waals surface area contributed by atoms with Crippen LogP contribution in [0, 0.1) is 0 Å². The number of hydrogen-bond acceptors (Lipinski definition) is 5. The highest BCUT2D eigenvalue weighted by atomic mass is 35.5. The number of alkyl halides is 4. The molecule has 3 aromatic carbocycles. The Balaban J connectivity index is 1.58. The number of aromatic nitrogens is 3. The zero-order valence-electron chi connectivity index (χ0n) is 19.6. The summed E-state index contributed by atoms with van der Waals surface area (Å²) < 4.78 is 51.0. The van der Waals surface area contributed by atoms with Gasteiger partial charge in [-0.05, 0) is 42.0 Å². The monoisotopic (exact) mass is 530 g/mol. The van der Waals surface area contributed by atoms with Gasteiger partial charge in [-0.15, -0.1) is 16.7 Å². The molecule has 4 rings (SSSR count). The molecule has 0 saturated carbocycles. The van der Waals surface area contributed by atoms with Gasteiger partial charge < -0.3 is 14.8 Å². The lowest BCUT2D eigenvalue weighted by Crippen LogP contribution is -2.17. The molecule has 0 saturated heterocycles. The molecule has 1 atom stereocenters. The third-order valence-corrected chi connectivity index (χ3v) is 5.73. The van der Waals surface area contributed by atoms with Crippen molar-refractivity contribution in [2.45, 2.75) is 11.6 Å². The van der Waals surface area contributed by atoms with Gasteiger partial charge in [-0.25, -0.2) is 4.68 Å². The molecule has 1 aromatic heterocycles. The van der Waals surface area contributed by atoms with Crippen LogP contribution in [-0.4, -0.2) is 41.0 Å². The van der Waals surface area contributed by atoms with Crippen LogP contribution >= 0.6 is 11.6 Å². The summed E-state index contributed by atoms with van der Waals surface area (Å²) in [6.45, 7) is 0.502. The van der Waals surface area contributed by atoms with Gasteiger partial charge in [0.25, 0.3) is 0 Å². The van der Waals surface area contributed by atoms with Crippen LogP contribution in [0.4, 0.5) is 18.9 Å². The van der Waals surface area contributed by atoms with Crippen molar-refractivity contribution in [1.29, 1.82) is 0 Å². The second kappa shape index (κ2) is 11.4. The molecule has 0 aliphatic rings. The van der Waals surface area contributed by atoms with Crippen molar-refractivity contribution in [3.05, 3.63) is 90.0 Å². The molecule has 0 aliphatic heterocycles. The number of benzene rings is 3. The topological polar surface area (TPSA) is 78.3 Å². The predicted molar refractivity (Wildman–Crippen MR) is 133 cm³/mol. The molecule has 7 nitrogen and oxygen atoms in total. The van der Waals surface area contributed by atoms with E-state index in [9.17, 15) is 18.0 Å². The molecule has 0 radical (unpaired) electrons. The Morgan fingerprint density at radius 2 is 1.68 bits per heavy atom. The minimum absolute atomic E-state index is 0.0390. The predicted octanol–water partition coefficient (Wildman–Crippen LogP) is 5.90. The molecule has 0 spiro atoms. The fourth-order valence-corrected chi connectivity index (χ4v) is 3.61.